The number of nitrogens with one attached hydrogen (secondary N) is 1. The summed E-state index contributed by atoms with van der Waals surface area (Å²) in [5, 5.41) is 2.57. The topological polar surface area (TPSA) is 28.7 Å². The maximum absolute atomic E-state index is 5.85. The Balaban J connectivity index is 2.87. The molecule has 0 amide bonds. The van der Waals surface area contributed by atoms with E-state index < -0.39 is 0 Å². The Morgan fingerprint density at radius 2 is 2.36 bits per heavy atom. The monoisotopic (exact) mass is 179 g/mol. The van der Waals surface area contributed by atoms with Crippen molar-refractivity contribution >= 4 is 38.1 Å². The smallest absolute Gasteiger partial charge is 0.138 e. The fourth-order valence-electron chi connectivity index (χ4n) is 0.971. The molecule has 0 fully saturated rings. The average Bonchev–Trinajstić information content (AvgIpc) is 2.33. The number of aromatic amines is 1. The van der Waals surface area contributed by atoms with E-state index in [-0.39, 0.29) is 0 Å². The molecule has 11 heavy (non-hydrogen) atoms. The number of H-pyrrole nitrogens is 1. The summed E-state index contributed by atoms with van der Waals surface area (Å²) < 4.78 is 0. The Kier molecular flexibility index (Phi) is 1.47. The van der Waals surface area contributed by atoms with E-state index in [2.05, 4.69) is 20.2 Å². The van der Waals surface area contributed by atoms with E-state index in [4.69, 9.17) is 11.6 Å². The largest absolute Gasteiger partial charge is 0.345 e. The molecule has 2 heterocycles. The Morgan fingerprint density at radius 1 is 1.55 bits per heavy atom. The minimum Gasteiger partial charge on any atom is -0.345 e. The highest BCUT2D eigenvalue weighted by molar-refractivity contribution is 6.37. The molecule has 2 aromatic rings. The van der Waals surface area contributed by atoms with Crippen LogP contribution in [0.15, 0.2) is 18.5 Å². The molecule has 53 valence electrons. The first-order chi connectivity index (χ1) is 5.27. The van der Waals surface area contributed by atoms with E-state index in [1.807, 2.05) is 6.07 Å². The Hall–Kier alpha value is -0.803. The van der Waals surface area contributed by atoms with Gasteiger partial charge in [-0.25, -0.2) is 4.98 Å². The SMILES string of the molecule is [Si]c1cnc2[nH]cc(Cl)c2c1. The zero-order valence-electron chi connectivity index (χ0n) is 5.56. The van der Waals surface area contributed by atoms with Crippen molar-refractivity contribution in [3.8, 4) is 0 Å². The van der Waals surface area contributed by atoms with E-state index >= 15 is 0 Å². The van der Waals surface area contributed by atoms with E-state index in [0.717, 1.165) is 16.2 Å². The quantitative estimate of drug-likeness (QED) is 0.601. The van der Waals surface area contributed by atoms with Crippen LogP contribution in [-0.4, -0.2) is 20.2 Å². The molecule has 2 aromatic heterocycles. The van der Waals surface area contributed by atoms with Gasteiger partial charge < -0.3 is 4.98 Å². The minimum atomic E-state index is 0.701. The van der Waals surface area contributed by atoms with E-state index in [1.165, 1.54) is 0 Å². The van der Waals surface area contributed by atoms with Crippen molar-refractivity contribution in [3.05, 3.63) is 23.5 Å². The molecule has 2 rings (SSSR count). The van der Waals surface area contributed by atoms with Crippen molar-refractivity contribution < 1.29 is 0 Å². The fourth-order valence-corrected chi connectivity index (χ4v) is 1.38. The van der Waals surface area contributed by atoms with Gasteiger partial charge in [0.05, 0.1) is 15.3 Å². The summed E-state index contributed by atoms with van der Waals surface area (Å²) >= 11 is 5.85. The lowest BCUT2D eigenvalue weighted by atomic mass is 10.3. The number of hydrogen-bond donors (Lipinski definition) is 1. The van der Waals surface area contributed by atoms with Crippen molar-refractivity contribution in [3.63, 3.8) is 0 Å². The van der Waals surface area contributed by atoms with Crippen LogP contribution in [0, 0.1) is 0 Å². The van der Waals surface area contributed by atoms with Gasteiger partial charge in [0.25, 0.3) is 0 Å². The van der Waals surface area contributed by atoms with Crippen molar-refractivity contribution in [1.29, 1.82) is 0 Å². The van der Waals surface area contributed by atoms with Crippen LogP contribution >= 0.6 is 11.6 Å². The van der Waals surface area contributed by atoms with Crippen molar-refractivity contribution in [2.75, 3.05) is 0 Å². The second kappa shape index (κ2) is 2.36. The van der Waals surface area contributed by atoms with E-state index in [0.29, 0.717) is 5.02 Å². The highest BCUT2D eigenvalue weighted by atomic mass is 35.5. The molecule has 0 atom stereocenters. The molecule has 3 radical (unpaired) electrons. The van der Waals surface area contributed by atoms with Crippen molar-refractivity contribution in [2.45, 2.75) is 0 Å². The molecule has 2 nitrogen and oxygen atoms in total. The molecule has 4 heteroatoms. The first-order valence-corrected chi connectivity index (χ1v) is 3.99. The molecule has 0 aliphatic heterocycles. The summed E-state index contributed by atoms with van der Waals surface area (Å²) in [6.07, 6.45) is 3.46. The number of nitrogens with zero attached hydrogens (tertiary/aromatic N) is 1. The molecule has 0 aliphatic rings. The molecule has 0 unspecified atom stereocenters. The summed E-state index contributed by atoms with van der Waals surface area (Å²) in [5.74, 6) is 0. The molecular weight excluding hydrogens is 176 g/mol. The van der Waals surface area contributed by atoms with Crippen LogP contribution in [0.1, 0.15) is 0 Å². The van der Waals surface area contributed by atoms with E-state index in [9.17, 15) is 0 Å². The maximum atomic E-state index is 5.85. The van der Waals surface area contributed by atoms with Gasteiger partial charge in [0.2, 0.25) is 0 Å². The third kappa shape index (κ3) is 1.06. The third-order valence-electron chi connectivity index (χ3n) is 1.48. The molecule has 0 saturated heterocycles. The van der Waals surface area contributed by atoms with Crippen LogP contribution in [0.25, 0.3) is 11.0 Å². The molecule has 0 aromatic carbocycles. The first-order valence-electron chi connectivity index (χ1n) is 3.11. The lowest BCUT2D eigenvalue weighted by Crippen LogP contribution is -2.01. The number of pyridine rings is 1. The molecular formula is C7H4ClN2Si. The highest BCUT2D eigenvalue weighted by Crippen LogP contribution is 2.19. The van der Waals surface area contributed by atoms with Gasteiger partial charge in [-0.1, -0.05) is 11.6 Å². The van der Waals surface area contributed by atoms with Gasteiger partial charge in [0.1, 0.15) is 5.65 Å². The van der Waals surface area contributed by atoms with Gasteiger partial charge in [-0.3, -0.25) is 0 Å². The molecule has 0 saturated carbocycles. The third-order valence-corrected chi connectivity index (χ3v) is 2.07. The minimum absolute atomic E-state index is 0.701. The number of halogens is 1. The summed E-state index contributed by atoms with van der Waals surface area (Å²) in [4.78, 5) is 7.06. The summed E-state index contributed by atoms with van der Waals surface area (Å²) in [7, 11) is 3.37. The van der Waals surface area contributed by atoms with Crippen LogP contribution in [0.3, 0.4) is 0 Å². The number of hydrogen-bond acceptors (Lipinski definition) is 1. The van der Waals surface area contributed by atoms with Crippen molar-refractivity contribution in [1.82, 2.24) is 9.97 Å². The van der Waals surface area contributed by atoms with Crippen LogP contribution in [0.5, 0.6) is 0 Å². The second-order valence-corrected chi connectivity index (χ2v) is 3.24. The van der Waals surface area contributed by atoms with Crippen LogP contribution in [-0.2, 0) is 0 Å². The number of fused-ring (bicyclic) bond motifs is 1. The van der Waals surface area contributed by atoms with Gasteiger partial charge >= 0.3 is 0 Å². The summed E-state index contributed by atoms with van der Waals surface area (Å²) in [6, 6.07) is 1.93. The van der Waals surface area contributed by atoms with Gasteiger partial charge in [-0.2, -0.15) is 0 Å². The van der Waals surface area contributed by atoms with Crippen molar-refractivity contribution in [2.24, 2.45) is 0 Å². The first kappa shape index (κ1) is 6.88. The lowest BCUT2D eigenvalue weighted by Gasteiger charge is -1.91. The van der Waals surface area contributed by atoms with Gasteiger partial charge in [0, 0.05) is 17.8 Å². The molecule has 0 bridgehead atoms. The van der Waals surface area contributed by atoms with Gasteiger partial charge in [0.15, 0.2) is 0 Å². The fraction of sp³-hybridized carbons (Fsp3) is 0. The van der Waals surface area contributed by atoms with Crippen LogP contribution in [0.2, 0.25) is 5.02 Å². The average molecular weight is 180 g/mol. The summed E-state index contributed by atoms with van der Waals surface area (Å²) in [6.45, 7) is 0. The normalized spacial score (nSPS) is 10.7. The standard InChI is InChI=1S/C7H4ClN2Si/c8-6-3-10-7-5(6)1-4(11)2-9-7/h1-3H,(H,9,10). The number of rotatable bonds is 0. The molecule has 0 aliphatic carbocycles. The van der Waals surface area contributed by atoms with Crippen LogP contribution < -0.4 is 5.19 Å². The molecule has 0 spiro atoms. The second-order valence-electron chi connectivity index (χ2n) is 2.26. The maximum Gasteiger partial charge on any atom is 0.138 e. The van der Waals surface area contributed by atoms with Crippen LogP contribution in [0.4, 0.5) is 0 Å². The number of aromatic nitrogens is 2. The zero-order chi connectivity index (χ0) is 7.84. The van der Waals surface area contributed by atoms with Gasteiger partial charge in [-0.05, 0) is 11.3 Å². The predicted octanol–water partition coefficient (Wildman–Crippen LogP) is 1.01. The lowest BCUT2D eigenvalue weighted by molar-refractivity contribution is 1.34. The van der Waals surface area contributed by atoms with Gasteiger partial charge in [-0.15, -0.1) is 0 Å². The Morgan fingerprint density at radius 3 is 3.18 bits per heavy atom. The zero-order valence-corrected chi connectivity index (χ0v) is 7.31. The van der Waals surface area contributed by atoms with E-state index in [1.54, 1.807) is 12.4 Å². The summed E-state index contributed by atoms with van der Waals surface area (Å²) in [5.41, 5.74) is 0.817. The Labute approximate surface area is 72.0 Å². The highest BCUT2D eigenvalue weighted by Gasteiger charge is 2.00. The Bertz CT molecular complexity index is 396. The molecule has 1 N–H and O–H groups in total. The predicted molar refractivity (Wildman–Crippen MR) is 46.5 cm³/mol.